The van der Waals surface area contributed by atoms with Crippen molar-refractivity contribution in [1.29, 1.82) is 0 Å². The fourth-order valence-corrected chi connectivity index (χ4v) is 3.05. The maximum absolute atomic E-state index is 13.1. The van der Waals surface area contributed by atoms with Crippen molar-refractivity contribution in [3.8, 4) is 0 Å². The zero-order valence-electron chi connectivity index (χ0n) is 10.5. The Morgan fingerprint density at radius 2 is 1.89 bits per heavy atom. The molecular weight excluding hydrogens is 347 g/mol. The molecule has 1 aliphatic carbocycles. The number of benzene rings is 1. The van der Waals surface area contributed by atoms with Crippen molar-refractivity contribution in [1.82, 2.24) is 4.90 Å². The zero-order chi connectivity index (χ0) is 13.2. The average molecular weight is 365 g/mol. The number of rotatable bonds is 3. The summed E-state index contributed by atoms with van der Waals surface area (Å²) < 4.78 is 27.5. The van der Waals surface area contributed by atoms with Crippen LogP contribution < -0.4 is 0 Å². The fraction of sp³-hybridized carbons (Fsp3) is 0.571. The van der Waals surface area contributed by atoms with Crippen LogP contribution in [0, 0.1) is 3.57 Å². The van der Waals surface area contributed by atoms with E-state index >= 15 is 0 Å². The first-order valence-corrected chi connectivity index (χ1v) is 7.37. The van der Waals surface area contributed by atoms with Crippen LogP contribution in [-0.4, -0.2) is 23.9 Å². The molecule has 0 saturated heterocycles. The van der Waals surface area contributed by atoms with Crippen LogP contribution in [0.3, 0.4) is 0 Å². The van der Waals surface area contributed by atoms with Gasteiger partial charge in [0.05, 0.1) is 0 Å². The van der Waals surface area contributed by atoms with Gasteiger partial charge in [-0.1, -0.05) is 18.2 Å². The minimum atomic E-state index is -2.43. The maximum Gasteiger partial charge on any atom is 0.248 e. The minimum Gasteiger partial charge on any atom is -0.299 e. The van der Waals surface area contributed by atoms with Gasteiger partial charge in [-0.3, -0.25) is 4.90 Å². The molecule has 0 unspecified atom stereocenters. The largest absolute Gasteiger partial charge is 0.299 e. The van der Waals surface area contributed by atoms with Gasteiger partial charge >= 0.3 is 0 Å². The lowest BCUT2D eigenvalue weighted by molar-refractivity contribution is -0.0519. The summed E-state index contributed by atoms with van der Waals surface area (Å²) in [5.41, 5.74) is 1.28. The molecule has 1 aromatic rings. The van der Waals surface area contributed by atoms with E-state index in [1.54, 1.807) is 0 Å². The van der Waals surface area contributed by atoms with E-state index in [0.29, 0.717) is 18.9 Å². The summed E-state index contributed by atoms with van der Waals surface area (Å²) in [6.07, 6.45) is 1.28. The Balaban J connectivity index is 1.93. The highest BCUT2D eigenvalue weighted by Gasteiger charge is 2.36. The maximum atomic E-state index is 13.1. The molecular formula is C14H18F2IN. The van der Waals surface area contributed by atoms with Gasteiger partial charge in [0.15, 0.2) is 0 Å². The molecule has 0 aromatic heterocycles. The first-order valence-electron chi connectivity index (χ1n) is 6.29. The molecule has 18 heavy (non-hydrogen) atoms. The first-order chi connectivity index (χ1) is 8.48. The normalized spacial score (nSPS) is 20.3. The van der Waals surface area contributed by atoms with Gasteiger partial charge in [0.1, 0.15) is 0 Å². The van der Waals surface area contributed by atoms with Gasteiger partial charge in [0, 0.05) is 29.0 Å². The molecule has 0 radical (unpaired) electrons. The summed E-state index contributed by atoms with van der Waals surface area (Å²) in [6.45, 7) is 0.843. The highest BCUT2D eigenvalue weighted by atomic mass is 127. The van der Waals surface area contributed by atoms with Crippen LogP contribution in [0.1, 0.15) is 31.2 Å². The lowest BCUT2D eigenvalue weighted by atomic mass is 9.91. The highest BCUT2D eigenvalue weighted by molar-refractivity contribution is 14.1. The lowest BCUT2D eigenvalue weighted by Gasteiger charge is -2.34. The summed E-state index contributed by atoms with van der Waals surface area (Å²) in [4.78, 5) is 2.22. The van der Waals surface area contributed by atoms with Crippen molar-refractivity contribution in [3.63, 3.8) is 0 Å². The van der Waals surface area contributed by atoms with E-state index in [0.717, 1.165) is 6.54 Å². The second kappa shape index (κ2) is 5.82. The highest BCUT2D eigenvalue weighted by Crippen LogP contribution is 2.35. The van der Waals surface area contributed by atoms with Gasteiger partial charge in [0.25, 0.3) is 0 Å². The minimum absolute atomic E-state index is 0.0356. The molecule has 1 nitrogen and oxygen atoms in total. The molecule has 0 heterocycles. The van der Waals surface area contributed by atoms with Crippen LogP contribution in [0.5, 0.6) is 0 Å². The summed E-state index contributed by atoms with van der Waals surface area (Å²) in [7, 11) is 2.04. The molecule has 0 N–H and O–H groups in total. The summed E-state index contributed by atoms with van der Waals surface area (Å²) >= 11 is 2.32. The van der Waals surface area contributed by atoms with Gasteiger partial charge in [-0.2, -0.15) is 0 Å². The van der Waals surface area contributed by atoms with E-state index in [9.17, 15) is 8.78 Å². The molecule has 1 saturated carbocycles. The van der Waals surface area contributed by atoms with E-state index in [2.05, 4.69) is 39.6 Å². The van der Waals surface area contributed by atoms with Gasteiger partial charge in [-0.15, -0.1) is 0 Å². The second-order valence-corrected chi connectivity index (χ2v) is 6.26. The molecule has 0 aliphatic heterocycles. The van der Waals surface area contributed by atoms with E-state index in [-0.39, 0.29) is 12.8 Å². The Hall–Kier alpha value is -0.230. The Morgan fingerprint density at radius 1 is 1.28 bits per heavy atom. The number of hydrogen-bond donors (Lipinski definition) is 0. The first kappa shape index (κ1) is 14.2. The number of nitrogens with zero attached hydrogens (tertiary/aromatic N) is 1. The molecule has 2 rings (SSSR count). The van der Waals surface area contributed by atoms with Crippen molar-refractivity contribution in [2.24, 2.45) is 0 Å². The van der Waals surface area contributed by atoms with Crippen LogP contribution in [0.2, 0.25) is 0 Å². The second-order valence-electron chi connectivity index (χ2n) is 5.09. The molecule has 1 aliphatic rings. The Bertz CT molecular complexity index is 399. The summed E-state index contributed by atoms with van der Waals surface area (Å²) in [5.74, 6) is -2.43. The van der Waals surface area contributed by atoms with Gasteiger partial charge in [-0.05, 0) is 54.1 Å². The third kappa shape index (κ3) is 3.63. The predicted molar refractivity (Wildman–Crippen MR) is 77.8 cm³/mol. The molecule has 1 fully saturated rings. The molecule has 0 bridgehead atoms. The molecule has 1 aromatic carbocycles. The third-order valence-corrected chi connectivity index (χ3v) is 4.74. The Morgan fingerprint density at radius 3 is 2.50 bits per heavy atom. The van der Waals surface area contributed by atoms with Crippen molar-refractivity contribution in [2.75, 3.05) is 7.05 Å². The van der Waals surface area contributed by atoms with E-state index in [1.165, 1.54) is 9.13 Å². The van der Waals surface area contributed by atoms with Crippen molar-refractivity contribution < 1.29 is 8.78 Å². The smallest absolute Gasteiger partial charge is 0.248 e. The van der Waals surface area contributed by atoms with Crippen LogP contribution in [0.15, 0.2) is 24.3 Å². The van der Waals surface area contributed by atoms with Crippen LogP contribution in [0.4, 0.5) is 8.78 Å². The molecule has 0 amide bonds. The van der Waals surface area contributed by atoms with Gasteiger partial charge in [-0.25, -0.2) is 8.78 Å². The number of alkyl halides is 2. The monoisotopic (exact) mass is 365 g/mol. The SMILES string of the molecule is CN(Cc1ccccc1I)C1CCC(F)(F)CC1. The van der Waals surface area contributed by atoms with Gasteiger partial charge in [0.2, 0.25) is 5.92 Å². The topological polar surface area (TPSA) is 3.24 Å². The standard InChI is InChI=1S/C14H18F2IN/c1-18(10-11-4-2-3-5-13(11)17)12-6-8-14(15,16)9-7-12/h2-5,12H,6-10H2,1H3. The molecule has 0 atom stereocenters. The molecule has 0 spiro atoms. The van der Waals surface area contributed by atoms with Crippen molar-refractivity contribution in [3.05, 3.63) is 33.4 Å². The predicted octanol–water partition coefficient (Wildman–Crippen LogP) is 4.30. The van der Waals surface area contributed by atoms with Crippen molar-refractivity contribution in [2.45, 2.75) is 44.2 Å². The van der Waals surface area contributed by atoms with Gasteiger partial charge < -0.3 is 0 Å². The van der Waals surface area contributed by atoms with Crippen LogP contribution >= 0.6 is 22.6 Å². The Kier molecular flexibility index (Phi) is 4.59. The number of hydrogen-bond acceptors (Lipinski definition) is 1. The quantitative estimate of drug-likeness (QED) is 0.722. The molecule has 4 heteroatoms. The fourth-order valence-electron chi connectivity index (χ4n) is 2.49. The summed E-state index contributed by atoms with van der Waals surface area (Å²) in [5, 5.41) is 0. The summed E-state index contributed by atoms with van der Waals surface area (Å²) in [6, 6.07) is 8.53. The lowest BCUT2D eigenvalue weighted by Crippen LogP contribution is -2.38. The van der Waals surface area contributed by atoms with E-state index in [4.69, 9.17) is 0 Å². The van der Waals surface area contributed by atoms with E-state index in [1.807, 2.05) is 19.2 Å². The Labute approximate surface area is 121 Å². The average Bonchev–Trinajstić information content (AvgIpc) is 2.32. The number of halogens is 3. The zero-order valence-corrected chi connectivity index (χ0v) is 12.7. The van der Waals surface area contributed by atoms with Crippen molar-refractivity contribution >= 4 is 22.6 Å². The molecule has 100 valence electrons. The van der Waals surface area contributed by atoms with Crippen LogP contribution in [-0.2, 0) is 6.54 Å². The van der Waals surface area contributed by atoms with E-state index < -0.39 is 5.92 Å². The van der Waals surface area contributed by atoms with Crippen LogP contribution in [0.25, 0.3) is 0 Å². The third-order valence-electron chi connectivity index (χ3n) is 3.69.